The molecule has 0 aliphatic rings. The van der Waals surface area contributed by atoms with Crippen molar-refractivity contribution in [3.05, 3.63) is 64.6 Å². The predicted octanol–water partition coefficient (Wildman–Crippen LogP) is 7.40. The van der Waals surface area contributed by atoms with Gasteiger partial charge < -0.3 is 4.98 Å². The van der Waals surface area contributed by atoms with E-state index in [0.29, 0.717) is 12.3 Å². The minimum Gasteiger partial charge on any atom is -0.338 e. The Hall–Kier alpha value is -3.35. The highest BCUT2D eigenvalue weighted by atomic mass is 35.5. The third kappa shape index (κ3) is 4.27. The Balaban J connectivity index is 2.06. The van der Waals surface area contributed by atoms with E-state index in [1.807, 2.05) is 0 Å². The number of benzene rings is 1. The summed E-state index contributed by atoms with van der Waals surface area (Å²) >= 11 is 6.20. The second-order valence-electron chi connectivity index (χ2n) is 6.95. The van der Waals surface area contributed by atoms with Gasteiger partial charge in [-0.25, -0.2) is 4.98 Å². The van der Waals surface area contributed by atoms with Crippen molar-refractivity contribution in [1.29, 1.82) is 0 Å². The van der Waals surface area contributed by atoms with Gasteiger partial charge in [-0.15, -0.1) is 0 Å². The Labute approximate surface area is 188 Å². The van der Waals surface area contributed by atoms with E-state index in [9.17, 15) is 39.5 Å². The van der Waals surface area contributed by atoms with E-state index in [0.717, 1.165) is 0 Å². The van der Waals surface area contributed by atoms with Gasteiger partial charge in [0.1, 0.15) is 11.3 Å². The quantitative estimate of drug-likeness (QED) is 0.286. The molecule has 0 saturated carbocycles. The first-order valence-corrected chi connectivity index (χ1v) is 9.40. The highest BCUT2D eigenvalue weighted by Gasteiger charge is 2.41. The molecule has 0 bridgehead atoms. The Morgan fingerprint density at radius 2 is 1.50 bits per heavy atom. The highest BCUT2D eigenvalue weighted by Crippen LogP contribution is 2.45. The average Bonchev–Trinajstić information content (AvgIpc) is 3.15. The molecule has 0 fully saturated rings. The third-order valence-corrected chi connectivity index (χ3v) is 5.08. The number of H-pyrrole nitrogens is 1. The van der Waals surface area contributed by atoms with Crippen molar-refractivity contribution in [2.24, 2.45) is 0 Å². The summed E-state index contributed by atoms with van der Waals surface area (Å²) in [6.45, 7) is 0. The molecule has 3 heterocycles. The summed E-state index contributed by atoms with van der Waals surface area (Å²) in [6.07, 6.45) is -12.5. The molecule has 3 aromatic heterocycles. The number of alkyl halides is 9. The number of hydrogen-bond acceptors (Lipinski definition) is 3. The highest BCUT2D eigenvalue weighted by molar-refractivity contribution is 6.35. The van der Waals surface area contributed by atoms with Crippen molar-refractivity contribution in [3.8, 4) is 22.6 Å². The van der Waals surface area contributed by atoms with Gasteiger partial charge in [-0.05, 0) is 24.3 Å². The summed E-state index contributed by atoms with van der Waals surface area (Å²) < 4.78 is 121. The van der Waals surface area contributed by atoms with Crippen LogP contribution in [0.5, 0.6) is 0 Å². The Morgan fingerprint density at radius 1 is 0.824 bits per heavy atom. The smallest absolute Gasteiger partial charge is 0.338 e. The van der Waals surface area contributed by atoms with Crippen molar-refractivity contribution in [2.45, 2.75) is 18.5 Å². The van der Waals surface area contributed by atoms with E-state index in [2.05, 4.69) is 19.9 Å². The summed E-state index contributed by atoms with van der Waals surface area (Å²) in [5.74, 6) is -0.815. The van der Waals surface area contributed by atoms with Crippen molar-refractivity contribution in [2.75, 3.05) is 0 Å². The van der Waals surface area contributed by atoms with Crippen LogP contribution in [0.3, 0.4) is 0 Å². The maximum atomic E-state index is 13.7. The van der Waals surface area contributed by atoms with E-state index in [4.69, 9.17) is 11.6 Å². The molecule has 4 nitrogen and oxygen atoms in total. The van der Waals surface area contributed by atoms with Crippen LogP contribution >= 0.6 is 11.6 Å². The van der Waals surface area contributed by atoms with Crippen LogP contribution in [0, 0.1) is 0 Å². The monoisotopic (exact) mass is 510 g/mol. The molecule has 34 heavy (non-hydrogen) atoms. The van der Waals surface area contributed by atoms with Crippen LogP contribution in [0.4, 0.5) is 39.5 Å². The molecule has 0 unspecified atom stereocenters. The van der Waals surface area contributed by atoms with Crippen LogP contribution in [-0.4, -0.2) is 19.9 Å². The van der Waals surface area contributed by atoms with E-state index in [1.54, 1.807) is 0 Å². The van der Waals surface area contributed by atoms with Gasteiger partial charge in [0.05, 0.1) is 38.5 Å². The Bertz CT molecular complexity index is 1370. The van der Waals surface area contributed by atoms with E-state index in [1.165, 1.54) is 24.5 Å². The van der Waals surface area contributed by atoms with Crippen LogP contribution < -0.4 is 0 Å². The molecule has 0 aliphatic carbocycles. The van der Waals surface area contributed by atoms with Gasteiger partial charge in [0.15, 0.2) is 0 Å². The normalized spacial score (nSPS) is 13.0. The molecule has 0 spiro atoms. The first-order valence-electron chi connectivity index (χ1n) is 9.02. The largest absolute Gasteiger partial charge is 0.418 e. The minimum absolute atomic E-state index is 0.160. The van der Waals surface area contributed by atoms with E-state index >= 15 is 0 Å². The van der Waals surface area contributed by atoms with Gasteiger partial charge in [0.25, 0.3) is 0 Å². The van der Waals surface area contributed by atoms with Crippen molar-refractivity contribution >= 4 is 22.6 Å². The fourth-order valence-corrected chi connectivity index (χ4v) is 3.60. The second-order valence-corrected chi connectivity index (χ2v) is 7.33. The van der Waals surface area contributed by atoms with Crippen molar-refractivity contribution in [1.82, 2.24) is 19.9 Å². The molecule has 0 saturated heterocycles. The fourth-order valence-electron chi connectivity index (χ4n) is 3.25. The SMILES string of the molecule is FC(F)(F)c1cc(C(F)(F)F)c2nc(-c3c(C(F)(F)F)cnc(-c4cccnc4)c3Cl)[nH]c2c1. The zero-order valence-electron chi connectivity index (χ0n) is 16.2. The molecule has 178 valence electrons. The van der Waals surface area contributed by atoms with Crippen molar-refractivity contribution < 1.29 is 39.5 Å². The fraction of sp³-hybridized carbons (Fsp3) is 0.150. The Morgan fingerprint density at radius 3 is 2.06 bits per heavy atom. The van der Waals surface area contributed by atoms with Crippen molar-refractivity contribution in [3.63, 3.8) is 0 Å². The number of pyridine rings is 2. The van der Waals surface area contributed by atoms with Crippen LogP contribution in [0.25, 0.3) is 33.7 Å². The molecule has 0 aliphatic heterocycles. The number of fused-ring (bicyclic) bond motifs is 1. The number of hydrogen-bond donors (Lipinski definition) is 1. The lowest BCUT2D eigenvalue weighted by Crippen LogP contribution is -2.11. The lowest BCUT2D eigenvalue weighted by Gasteiger charge is -2.15. The maximum Gasteiger partial charge on any atom is 0.418 e. The number of aromatic amines is 1. The van der Waals surface area contributed by atoms with Crippen LogP contribution in [0.1, 0.15) is 16.7 Å². The number of nitrogens with one attached hydrogen (secondary N) is 1. The molecule has 0 radical (unpaired) electrons. The van der Waals surface area contributed by atoms with E-state index in [-0.39, 0.29) is 17.3 Å². The third-order valence-electron chi connectivity index (χ3n) is 4.72. The zero-order chi connectivity index (χ0) is 25.1. The number of nitrogens with zero attached hydrogens (tertiary/aromatic N) is 3. The van der Waals surface area contributed by atoms with Gasteiger partial charge >= 0.3 is 18.5 Å². The van der Waals surface area contributed by atoms with E-state index < -0.39 is 62.7 Å². The minimum atomic E-state index is -5.28. The molecular formula is C20H8ClF9N4. The van der Waals surface area contributed by atoms with Gasteiger partial charge in [0, 0.05) is 24.2 Å². The summed E-state index contributed by atoms with van der Waals surface area (Å²) in [5.41, 5.74) is -7.53. The number of aromatic nitrogens is 4. The second kappa shape index (κ2) is 7.86. The first kappa shape index (κ1) is 23.8. The molecule has 14 heteroatoms. The first-order chi connectivity index (χ1) is 15.7. The average molecular weight is 511 g/mol. The lowest BCUT2D eigenvalue weighted by atomic mass is 10.0. The topological polar surface area (TPSA) is 54.5 Å². The molecule has 1 aromatic carbocycles. The van der Waals surface area contributed by atoms with Gasteiger partial charge in [-0.3, -0.25) is 9.97 Å². The summed E-state index contributed by atoms with van der Waals surface area (Å²) in [5, 5.41) is -0.633. The molecule has 4 rings (SSSR count). The molecular weight excluding hydrogens is 503 g/mol. The van der Waals surface area contributed by atoms with Gasteiger partial charge in [-0.2, -0.15) is 39.5 Å². The van der Waals surface area contributed by atoms with Crippen LogP contribution in [0.2, 0.25) is 5.02 Å². The zero-order valence-corrected chi connectivity index (χ0v) is 16.9. The molecule has 0 amide bonds. The predicted molar refractivity (Wildman–Crippen MR) is 103 cm³/mol. The summed E-state index contributed by atoms with van der Waals surface area (Å²) in [4.78, 5) is 13.2. The maximum absolute atomic E-state index is 13.7. The lowest BCUT2D eigenvalue weighted by molar-refractivity contribution is -0.142. The number of imidazole rings is 1. The molecule has 0 atom stereocenters. The molecule has 4 aromatic rings. The number of halogens is 10. The Kier molecular flexibility index (Phi) is 5.50. The molecule has 1 N–H and O–H groups in total. The van der Waals surface area contributed by atoms with Crippen LogP contribution in [0.15, 0.2) is 42.9 Å². The summed E-state index contributed by atoms with van der Waals surface area (Å²) in [7, 11) is 0. The van der Waals surface area contributed by atoms with Gasteiger partial charge in [-0.1, -0.05) is 11.6 Å². The van der Waals surface area contributed by atoms with Crippen LogP contribution in [-0.2, 0) is 18.5 Å². The van der Waals surface area contributed by atoms with Gasteiger partial charge in [0.2, 0.25) is 0 Å². The summed E-state index contributed by atoms with van der Waals surface area (Å²) in [6, 6.07) is 3.03. The number of rotatable bonds is 2. The standard InChI is InChI=1S/C20H8ClF9N4/c21-14-13(11(20(28,29)30)7-32-15(14)8-2-1-3-31-6-8)17-33-12-5-9(18(22,23)24)4-10(16(12)34-17)19(25,26)27/h1-7H,(H,33,34).